The van der Waals surface area contributed by atoms with Crippen LogP contribution in [-0.2, 0) is 12.8 Å². The van der Waals surface area contributed by atoms with Crippen molar-refractivity contribution in [2.75, 3.05) is 0 Å². The zero-order valence-electron chi connectivity index (χ0n) is 19.5. The van der Waals surface area contributed by atoms with Crippen molar-refractivity contribution in [1.29, 1.82) is 0 Å². The molecule has 1 rings (SSSR count). The Morgan fingerprint density at radius 2 is 1.00 bits per heavy atom. The normalized spacial score (nSPS) is 13.9. The van der Waals surface area contributed by atoms with Gasteiger partial charge in [0, 0.05) is 9.75 Å². The fourth-order valence-corrected chi connectivity index (χ4v) is 5.63. The minimum Gasteiger partial charge on any atom is -0.145 e. The van der Waals surface area contributed by atoms with Gasteiger partial charge in [-0.05, 0) is 49.7 Å². The van der Waals surface area contributed by atoms with E-state index in [1.165, 1.54) is 89.9 Å². The summed E-state index contributed by atoms with van der Waals surface area (Å²) in [5.74, 6) is 1.77. The van der Waals surface area contributed by atoms with Crippen LogP contribution in [0.25, 0.3) is 0 Å². The topological polar surface area (TPSA) is 0 Å². The Balaban J connectivity index is 2.71. The van der Waals surface area contributed by atoms with Gasteiger partial charge in [-0.2, -0.15) is 0 Å². The van der Waals surface area contributed by atoms with E-state index in [4.69, 9.17) is 0 Å². The predicted molar refractivity (Wildman–Crippen MR) is 126 cm³/mol. The van der Waals surface area contributed by atoms with Gasteiger partial charge in [0.2, 0.25) is 0 Å². The Morgan fingerprint density at radius 3 is 1.33 bits per heavy atom. The molecule has 1 heterocycles. The molecular weight excluding hydrogens is 344 g/mol. The highest BCUT2D eigenvalue weighted by atomic mass is 32.1. The number of hydrogen-bond donors (Lipinski definition) is 0. The average Bonchev–Trinajstić information content (AvgIpc) is 2.92. The molecule has 1 aromatic rings. The van der Waals surface area contributed by atoms with Crippen molar-refractivity contribution in [3.63, 3.8) is 0 Å². The van der Waals surface area contributed by atoms with Crippen LogP contribution in [0.1, 0.15) is 126 Å². The van der Waals surface area contributed by atoms with Crippen LogP contribution in [0.5, 0.6) is 0 Å². The van der Waals surface area contributed by atoms with Gasteiger partial charge in [0.25, 0.3) is 0 Å². The Labute approximate surface area is 175 Å². The van der Waals surface area contributed by atoms with Gasteiger partial charge in [0.05, 0.1) is 0 Å². The second kappa shape index (κ2) is 14.7. The second-order valence-corrected chi connectivity index (χ2v) is 10.3. The highest BCUT2D eigenvalue weighted by Crippen LogP contribution is 2.34. The Bertz CT molecular complexity index is 442. The van der Waals surface area contributed by atoms with Crippen LogP contribution in [0.15, 0.2) is 0 Å². The highest BCUT2D eigenvalue weighted by molar-refractivity contribution is 7.12. The predicted octanol–water partition coefficient (Wildman–Crippen LogP) is 9.44. The lowest BCUT2D eigenvalue weighted by atomic mass is 9.85. The van der Waals surface area contributed by atoms with Crippen molar-refractivity contribution in [1.82, 2.24) is 0 Å². The Kier molecular flexibility index (Phi) is 13.4. The second-order valence-electron chi connectivity index (χ2n) is 8.83. The summed E-state index contributed by atoms with van der Waals surface area (Å²) in [7, 11) is 0. The molecule has 1 aromatic heterocycles. The summed E-state index contributed by atoms with van der Waals surface area (Å²) in [5.41, 5.74) is 3.48. The van der Waals surface area contributed by atoms with Gasteiger partial charge in [-0.15, -0.1) is 11.3 Å². The number of unbranched alkanes of at least 4 members (excludes halogenated alkanes) is 6. The first-order valence-corrected chi connectivity index (χ1v) is 13.0. The molecule has 0 saturated carbocycles. The van der Waals surface area contributed by atoms with E-state index in [1.54, 1.807) is 20.9 Å². The molecule has 0 aliphatic heterocycles. The molecule has 0 N–H and O–H groups in total. The largest absolute Gasteiger partial charge is 0.145 e. The lowest BCUT2D eigenvalue weighted by Gasteiger charge is -2.19. The third kappa shape index (κ3) is 9.16. The third-order valence-electron chi connectivity index (χ3n) is 6.59. The molecule has 0 aliphatic carbocycles. The lowest BCUT2D eigenvalue weighted by Crippen LogP contribution is -2.09. The van der Waals surface area contributed by atoms with E-state index in [-0.39, 0.29) is 0 Å². The van der Waals surface area contributed by atoms with Crippen molar-refractivity contribution in [3.8, 4) is 0 Å². The van der Waals surface area contributed by atoms with E-state index < -0.39 is 0 Å². The maximum atomic E-state index is 2.40. The summed E-state index contributed by atoms with van der Waals surface area (Å²) in [6.45, 7) is 14.2. The van der Waals surface area contributed by atoms with E-state index in [0.29, 0.717) is 0 Å². The average molecular weight is 393 g/mol. The van der Waals surface area contributed by atoms with E-state index in [0.717, 1.165) is 11.8 Å². The minimum absolute atomic E-state index is 0.887. The minimum atomic E-state index is 0.887. The van der Waals surface area contributed by atoms with Gasteiger partial charge < -0.3 is 0 Å². The summed E-state index contributed by atoms with van der Waals surface area (Å²) in [5, 5.41) is 0. The van der Waals surface area contributed by atoms with Crippen LogP contribution >= 0.6 is 11.3 Å². The van der Waals surface area contributed by atoms with E-state index >= 15 is 0 Å². The molecule has 0 saturated heterocycles. The quantitative estimate of drug-likeness (QED) is 0.246. The van der Waals surface area contributed by atoms with Gasteiger partial charge in [0.1, 0.15) is 0 Å². The number of rotatable bonds is 16. The molecule has 1 heteroatoms. The molecule has 0 aromatic carbocycles. The van der Waals surface area contributed by atoms with Crippen molar-refractivity contribution in [2.24, 2.45) is 11.8 Å². The first kappa shape index (κ1) is 24.7. The number of aryl methyl sites for hydroxylation is 2. The summed E-state index contributed by atoms with van der Waals surface area (Å²) >= 11 is 2.06. The van der Waals surface area contributed by atoms with Gasteiger partial charge in [0.15, 0.2) is 0 Å². The smallest absolute Gasteiger partial charge is 0.00519 e. The lowest BCUT2D eigenvalue weighted by molar-refractivity contribution is 0.425. The Morgan fingerprint density at radius 1 is 0.593 bits per heavy atom. The number of hydrogen-bond acceptors (Lipinski definition) is 1. The van der Waals surface area contributed by atoms with Crippen LogP contribution in [0.3, 0.4) is 0 Å². The zero-order valence-corrected chi connectivity index (χ0v) is 20.3. The van der Waals surface area contributed by atoms with Gasteiger partial charge in [-0.3, -0.25) is 0 Å². The molecule has 0 fully saturated rings. The third-order valence-corrected chi connectivity index (χ3v) is 7.70. The maximum Gasteiger partial charge on any atom is 0.00519 e. The van der Waals surface area contributed by atoms with E-state index in [9.17, 15) is 0 Å². The molecule has 0 aliphatic rings. The summed E-state index contributed by atoms with van der Waals surface area (Å²) in [6, 6.07) is 0. The van der Waals surface area contributed by atoms with Crippen LogP contribution in [-0.4, -0.2) is 0 Å². The number of thiophene rings is 1. The molecular formula is C26H48S. The van der Waals surface area contributed by atoms with Gasteiger partial charge in [-0.1, -0.05) is 105 Å². The van der Waals surface area contributed by atoms with Crippen molar-refractivity contribution >= 4 is 11.3 Å². The molecule has 158 valence electrons. The summed E-state index contributed by atoms with van der Waals surface area (Å²) < 4.78 is 0. The molecule has 0 spiro atoms. The Hall–Kier alpha value is -0.300. The first-order valence-electron chi connectivity index (χ1n) is 12.1. The molecule has 2 unspecified atom stereocenters. The zero-order chi connectivity index (χ0) is 20.1. The van der Waals surface area contributed by atoms with Crippen LogP contribution in [0.2, 0.25) is 0 Å². The van der Waals surface area contributed by atoms with Crippen LogP contribution in [0.4, 0.5) is 0 Å². The van der Waals surface area contributed by atoms with Crippen molar-refractivity contribution in [2.45, 2.75) is 131 Å². The van der Waals surface area contributed by atoms with Gasteiger partial charge >= 0.3 is 0 Å². The molecule has 0 amide bonds. The van der Waals surface area contributed by atoms with Crippen molar-refractivity contribution < 1.29 is 0 Å². The van der Waals surface area contributed by atoms with E-state index in [1.807, 2.05) is 0 Å². The van der Waals surface area contributed by atoms with E-state index in [2.05, 4.69) is 52.9 Å². The molecule has 2 atom stereocenters. The SMILES string of the molecule is CCCCCCC(CC)Cc1c(C)sc(C)c1CC(CC)CCCCCC. The molecule has 0 nitrogen and oxygen atoms in total. The van der Waals surface area contributed by atoms with Crippen LogP contribution < -0.4 is 0 Å². The fraction of sp³-hybridized carbons (Fsp3) is 0.846. The molecule has 0 radical (unpaired) electrons. The van der Waals surface area contributed by atoms with Crippen LogP contribution in [0, 0.1) is 25.7 Å². The first-order chi connectivity index (χ1) is 13.1. The van der Waals surface area contributed by atoms with Crippen molar-refractivity contribution in [3.05, 3.63) is 20.9 Å². The monoisotopic (exact) mass is 392 g/mol. The molecule has 27 heavy (non-hydrogen) atoms. The highest BCUT2D eigenvalue weighted by Gasteiger charge is 2.19. The summed E-state index contributed by atoms with van der Waals surface area (Å²) in [6.07, 6.45) is 19.4. The maximum absolute atomic E-state index is 2.40. The summed E-state index contributed by atoms with van der Waals surface area (Å²) in [4.78, 5) is 3.21. The molecule has 0 bridgehead atoms. The van der Waals surface area contributed by atoms with Gasteiger partial charge in [-0.25, -0.2) is 0 Å². The standard InChI is InChI=1S/C26H48S/c1-7-11-13-15-17-23(9-3)19-25-21(5)27-22(6)26(25)20-24(10-4)18-16-14-12-8-2/h23-24H,7-20H2,1-6H3. The fourth-order valence-electron chi connectivity index (χ4n) is 4.51.